The van der Waals surface area contributed by atoms with Gasteiger partial charge < -0.3 is 4.74 Å². The molecule has 0 N–H and O–H groups in total. The number of benzene rings is 1. The average molecular weight is 329 g/mol. The van der Waals surface area contributed by atoms with Gasteiger partial charge in [0.1, 0.15) is 11.6 Å². The van der Waals surface area contributed by atoms with Gasteiger partial charge in [0.05, 0.1) is 11.3 Å². The van der Waals surface area contributed by atoms with Crippen LogP contribution in [0.3, 0.4) is 0 Å². The van der Waals surface area contributed by atoms with Gasteiger partial charge in [-0.05, 0) is 18.6 Å². The largest absolute Gasteiger partial charge is 0.459 e. The molecule has 0 saturated heterocycles. The highest BCUT2D eigenvalue weighted by atomic mass is 32.1. The van der Waals surface area contributed by atoms with Crippen molar-refractivity contribution in [3.05, 3.63) is 40.9 Å². The van der Waals surface area contributed by atoms with Gasteiger partial charge in [-0.1, -0.05) is 19.1 Å². The fourth-order valence-corrected chi connectivity index (χ4v) is 2.55. The fraction of sp³-hybridized carbons (Fsp3) is 0.333. The smallest absolute Gasteiger partial charge is 0.416 e. The van der Waals surface area contributed by atoms with Gasteiger partial charge in [-0.15, -0.1) is 11.3 Å². The van der Waals surface area contributed by atoms with Crippen LogP contribution in [0, 0.1) is 0 Å². The van der Waals surface area contributed by atoms with Gasteiger partial charge >= 0.3 is 12.1 Å². The third-order valence-corrected chi connectivity index (χ3v) is 3.79. The van der Waals surface area contributed by atoms with E-state index in [1.165, 1.54) is 23.5 Å². The highest BCUT2D eigenvalue weighted by Gasteiger charge is 2.30. The molecular weight excluding hydrogens is 315 g/mol. The number of alkyl halides is 3. The van der Waals surface area contributed by atoms with E-state index in [0.717, 1.165) is 12.1 Å². The maximum absolute atomic E-state index is 12.5. The molecule has 22 heavy (non-hydrogen) atoms. The minimum Gasteiger partial charge on any atom is -0.459 e. The molecule has 2 rings (SSSR count). The number of hydrogen-bond donors (Lipinski definition) is 0. The Morgan fingerprint density at radius 3 is 2.55 bits per heavy atom. The highest BCUT2D eigenvalue weighted by Crippen LogP contribution is 2.31. The normalized spacial score (nSPS) is 11.5. The van der Waals surface area contributed by atoms with Gasteiger partial charge in [-0.25, -0.2) is 4.98 Å². The Morgan fingerprint density at radius 2 is 1.95 bits per heavy atom. The minimum atomic E-state index is -4.35. The van der Waals surface area contributed by atoms with Crippen LogP contribution in [-0.2, 0) is 22.3 Å². The van der Waals surface area contributed by atoms with Crippen LogP contribution in [0.25, 0.3) is 10.6 Å². The molecule has 0 spiro atoms. The van der Waals surface area contributed by atoms with Crippen LogP contribution in [0.1, 0.15) is 31.0 Å². The van der Waals surface area contributed by atoms with Crippen molar-refractivity contribution in [2.45, 2.75) is 32.5 Å². The zero-order chi connectivity index (χ0) is 16.2. The quantitative estimate of drug-likeness (QED) is 0.748. The van der Waals surface area contributed by atoms with Crippen molar-refractivity contribution in [1.82, 2.24) is 4.98 Å². The van der Waals surface area contributed by atoms with Gasteiger partial charge in [0, 0.05) is 17.4 Å². The van der Waals surface area contributed by atoms with E-state index < -0.39 is 11.7 Å². The maximum atomic E-state index is 12.5. The standard InChI is InChI=1S/C15H14F3NO2S/c1-2-3-13(20)21-8-12-9-22-14(19-12)10-4-6-11(7-5-10)15(16,17)18/h4-7,9H,2-3,8H2,1H3. The number of carbonyl (C=O) groups excluding carboxylic acids is 1. The molecule has 0 bridgehead atoms. The van der Waals surface area contributed by atoms with Crippen LogP contribution in [0.2, 0.25) is 0 Å². The second-order valence-electron chi connectivity index (χ2n) is 4.63. The zero-order valence-electron chi connectivity index (χ0n) is 11.8. The fourth-order valence-electron chi connectivity index (χ4n) is 1.74. The first-order chi connectivity index (χ1) is 10.4. The summed E-state index contributed by atoms with van der Waals surface area (Å²) in [5.41, 5.74) is 0.495. The molecule has 0 amide bonds. The molecule has 0 radical (unpaired) electrons. The van der Waals surface area contributed by atoms with Crippen molar-refractivity contribution in [1.29, 1.82) is 0 Å². The summed E-state index contributed by atoms with van der Waals surface area (Å²) in [7, 11) is 0. The summed E-state index contributed by atoms with van der Waals surface area (Å²) in [6.07, 6.45) is -3.28. The van der Waals surface area contributed by atoms with Crippen LogP contribution < -0.4 is 0 Å². The van der Waals surface area contributed by atoms with E-state index in [1.807, 2.05) is 6.92 Å². The molecule has 0 unspecified atom stereocenters. The third kappa shape index (κ3) is 4.30. The summed E-state index contributed by atoms with van der Waals surface area (Å²) in [4.78, 5) is 15.5. The lowest BCUT2D eigenvalue weighted by molar-refractivity contribution is -0.145. The van der Waals surface area contributed by atoms with Crippen molar-refractivity contribution in [3.63, 3.8) is 0 Å². The molecule has 118 valence electrons. The summed E-state index contributed by atoms with van der Waals surface area (Å²) < 4.78 is 42.5. The van der Waals surface area contributed by atoms with Crippen molar-refractivity contribution in [3.8, 4) is 10.6 Å². The second-order valence-corrected chi connectivity index (χ2v) is 5.49. The average Bonchev–Trinajstić information content (AvgIpc) is 2.93. The van der Waals surface area contributed by atoms with Crippen LogP contribution in [0.15, 0.2) is 29.6 Å². The van der Waals surface area contributed by atoms with Gasteiger partial charge in [-0.2, -0.15) is 13.2 Å². The van der Waals surface area contributed by atoms with E-state index in [-0.39, 0.29) is 12.6 Å². The maximum Gasteiger partial charge on any atom is 0.416 e. The number of rotatable bonds is 5. The number of hydrogen-bond acceptors (Lipinski definition) is 4. The van der Waals surface area contributed by atoms with Crippen molar-refractivity contribution in [2.75, 3.05) is 0 Å². The van der Waals surface area contributed by atoms with Crippen LogP contribution in [0.4, 0.5) is 13.2 Å². The van der Waals surface area contributed by atoms with E-state index >= 15 is 0 Å². The summed E-state index contributed by atoms with van der Waals surface area (Å²) >= 11 is 1.30. The van der Waals surface area contributed by atoms with E-state index in [2.05, 4.69) is 4.98 Å². The van der Waals surface area contributed by atoms with Gasteiger partial charge in [0.15, 0.2) is 0 Å². The molecule has 0 atom stereocenters. The van der Waals surface area contributed by atoms with Crippen LogP contribution in [0.5, 0.6) is 0 Å². The van der Waals surface area contributed by atoms with Gasteiger partial charge in [0.25, 0.3) is 0 Å². The molecule has 2 aromatic rings. The van der Waals surface area contributed by atoms with Crippen LogP contribution >= 0.6 is 11.3 Å². The predicted molar refractivity (Wildman–Crippen MR) is 77.3 cm³/mol. The number of halogens is 3. The summed E-state index contributed by atoms with van der Waals surface area (Å²) in [6.45, 7) is 1.96. The summed E-state index contributed by atoms with van der Waals surface area (Å²) in [5.74, 6) is -0.286. The lowest BCUT2D eigenvalue weighted by Crippen LogP contribution is -2.04. The molecule has 0 saturated carbocycles. The first kappa shape index (κ1) is 16.5. The Labute approximate surface area is 129 Å². The monoisotopic (exact) mass is 329 g/mol. The number of carbonyl (C=O) groups is 1. The lowest BCUT2D eigenvalue weighted by atomic mass is 10.1. The molecule has 1 aromatic carbocycles. The second kappa shape index (κ2) is 6.91. The Hall–Kier alpha value is -1.89. The van der Waals surface area contributed by atoms with Crippen molar-refractivity contribution in [2.24, 2.45) is 0 Å². The molecule has 0 fully saturated rings. The molecule has 1 heterocycles. The van der Waals surface area contributed by atoms with E-state index in [1.54, 1.807) is 5.38 Å². The number of esters is 1. The molecule has 1 aromatic heterocycles. The molecule has 7 heteroatoms. The number of ether oxygens (including phenoxy) is 1. The molecule has 0 aliphatic carbocycles. The van der Waals surface area contributed by atoms with E-state index in [9.17, 15) is 18.0 Å². The molecule has 0 aliphatic rings. The summed E-state index contributed by atoms with van der Waals surface area (Å²) in [5, 5.41) is 2.32. The lowest BCUT2D eigenvalue weighted by Gasteiger charge is -2.06. The zero-order valence-corrected chi connectivity index (χ0v) is 12.6. The number of nitrogens with zero attached hydrogens (tertiary/aromatic N) is 1. The molecule has 0 aliphatic heterocycles. The van der Waals surface area contributed by atoms with Crippen molar-refractivity contribution < 1.29 is 22.7 Å². The summed E-state index contributed by atoms with van der Waals surface area (Å²) in [6, 6.07) is 4.82. The molecular formula is C15H14F3NO2S. The Balaban J connectivity index is 2.03. The minimum absolute atomic E-state index is 0.0793. The van der Waals surface area contributed by atoms with Crippen LogP contribution in [-0.4, -0.2) is 11.0 Å². The predicted octanol–water partition coefficient (Wildman–Crippen LogP) is 4.67. The number of thiazole rings is 1. The van der Waals surface area contributed by atoms with Gasteiger partial charge in [-0.3, -0.25) is 4.79 Å². The Kier molecular flexibility index (Phi) is 5.18. The number of aromatic nitrogens is 1. The Bertz CT molecular complexity index is 635. The van der Waals surface area contributed by atoms with Gasteiger partial charge in [0.2, 0.25) is 0 Å². The van der Waals surface area contributed by atoms with Crippen molar-refractivity contribution >= 4 is 17.3 Å². The van der Waals surface area contributed by atoms with E-state index in [4.69, 9.17) is 4.74 Å². The Morgan fingerprint density at radius 1 is 1.27 bits per heavy atom. The first-order valence-electron chi connectivity index (χ1n) is 6.68. The molecule has 3 nitrogen and oxygen atoms in total. The SMILES string of the molecule is CCCC(=O)OCc1csc(-c2ccc(C(F)(F)F)cc2)n1. The first-order valence-corrected chi connectivity index (χ1v) is 7.55. The topological polar surface area (TPSA) is 39.2 Å². The highest BCUT2D eigenvalue weighted by molar-refractivity contribution is 7.13. The third-order valence-electron chi connectivity index (χ3n) is 2.85. The van der Waals surface area contributed by atoms with E-state index in [0.29, 0.717) is 29.1 Å².